The minimum atomic E-state index is 0.0985. The number of nitrogens with one attached hydrogen (secondary N) is 1. The molecule has 0 spiro atoms. The smallest absolute Gasteiger partial charge is 0.0530 e. The Hall–Kier alpha value is -1.05. The monoisotopic (exact) mass is 206 g/mol. The van der Waals surface area contributed by atoms with Crippen molar-refractivity contribution in [2.45, 2.75) is 46.6 Å². The van der Waals surface area contributed by atoms with E-state index >= 15 is 0 Å². The van der Waals surface area contributed by atoms with Crippen LogP contribution in [0.15, 0.2) is 24.5 Å². The molecule has 0 unspecified atom stereocenters. The predicted molar refractivity (Wildman–Crippen MR) is 66.0 cm³/mol. The van der Waals surface area contributed by atoms with Crippen molar-refractivity contribution in [3.63, 3.8) is 0 Å². The third kappa shape index (κ3) is 4.82. The molecule has 0 saturated heterocycles. The van der Waals surface area contributed by atoms with Crippen LogP contribution in [0.3, 0.4) is 0 Å². The van der Waals surface area contributed by atoms with Gasteiger partial charge in [-0.2, -0.15) is 0 Å². The summed E-state index contributed by atoms with van der Waals surface area (Å²) in [4.78, 5) is 4.10. The predicted octanol–water partition coefficient (Wildman–Crippen LogP) is 3.71. The van der Waals surface area contributed by atoms with Gasteiger partial charge in [0.15, 0.2) is 0 Å². The SMILES string of the molecule is CC(C)(C)CC(C)(C)Nc1cccnc1. The molecule has 0 bridgehead atoms. The van der Waals surface area contributed by atoms with Crippen molar-refractivity contribution in [1.82, 2.24) is 4.98 Å². The summed E-state index contributed by atoms with van der Waals surface area (Å²) in [6.07, 6.45) is 4.78. The number of hydrogen-bond donors (Lipinski definition) is 1. The van der Waals surface area contributed by atoms with Crippen LogP contribution in [0.4, 0.5) is 5.69 Å². The second kappa shape index (κ2) is 4.21. The average molecular weight is 206 g/mol. The minimum absolute atomic E-state index is 0.0985. The summed E-state index contributed by atoms with van der Waals surface area (Å²) in [7, 11) is 0. The maximum absolute atomic E-state index is 4.10. The summed E-state index contributed by atoms with van der Waals surface area (Å²) < 4.78 is 0. The van der Waals surface area contributed by atoms with Crippen LogP contribution in [0.5, 0.6) is 0 Å². The van der Waals surface area contributed by atoms with Crippen molar-refractivity contribution in [1.29, 1.82) is 0 Å². The van der Waals surface area contributed by atoms with Crippen LogP contribution < -0.4 is 5.32 Å². The maximum Gasteiger partial charge on any atom is 0.0530 e. The number of anilines is 1. The van der Waals surface area contributed by atoms with Gasteiger partial charge in [0.2, 0.25) is 0 Å². The fraction of sp³-hybridized carbons (Fsp3) is 0.615. The lowest BCUT2D eigenvalue weighted by Gasteiger charge is -2.34. The quantitative estimate of drug-likeness (QED) is 0.815. The van der Waals surface area contributed by atoms with E-state index in [1.54, 1.807) is 6.20 Å². The van der Waals surface area contributed by atoms with Crippen LogP contribution in [0.1, 0.15) is 41.0 Å². The molecule has 15 heavy (non-hydrogen) atoms. The first-order valence-electron chi connectivity index (χ1n) is 5.47. The van der Waals surface area contributed by atoms with Crippen molar-refractivity contribution in [2.75, 3.05) is 5.32 Å². The Labute approximate surface area is 93.1 Å². The summed E-state index contributed by atoms with van der Waals surface area (Å²) in [6, 6.07) is 4.01. The molecule has 1 aromatic rings. The van der Waals surface area contributed by atoms with E-state index in [2.05, 4.69) is 51.0 Å². The highest BCUT2D eigenvalue weighted by Gasteiger charge is 2.24. The highest BCUT2D eigenvalue weighted by atomic mass is 15.0. The molecule has 0 aliphatic rings. The van der Waals surface area contributed by atoms with E-state index in [0.717, 1.165) is 12.1 Å². The molecule has 0 aliphatic carbocycles. The minimum Gasteiger partial charge on any atom is -0.379 e. The number of hydrogen-bond acceptors (Lipinski definition) is 2. The van der Waals surface area contributed by atoms with Crippen LogP contribution in [0.2, 0.25) is 0 Å². The van der Waals surface area contributed by atoms with Gasteiger partial charge >= 0.3 is 0 Å². The summed E-state index contributed by atoms with van der Waals surface area (Å²) in [5.41, 5.74) is 1.52. The topological polar surface area (TPSA) is 24.9 Å². The van der Waals surface area contributed by atoms with Crippen LogP contribution in [0.25, 0.3) is 0 Å². The van der Waals surface area contributed by atoms with E-state index < -0.39 is 0 Å². The Morgan fingerprint density at radius 3 is 2.33 bits per heavy atom. The van der Waals surface area contributed by atoms with E-state index in [0.29, 0.717) is 5.41 Å². The Morgan fingerprint density at radius 1 is 1.20 bits per heavy atom. The van der Waals surface area contributed by atoms with Crippen molar-refractivity contribution in [3.8, 4) is 0 Å². The van der Waals surface area contributed by atoms with E-state index in [1.807, 2.05) is 12.3 Å². The van der Waals surface area contributed by atoms with Crippen LogP contribution >= 0.6 is 0 Å². The van der Waals surface area contributed by atoms with Gasteiger partial charge in [0.1, 0.15) is 0 Å². The van der Waals surface area contributed by atoms with Gasteiger partial charge in [-0.05, 0) is 37.8 Å². The average Bonchev–Trinajstić information content (AvgIpc) is 1.99. The number of pyridine rings is 1. The molecular weight excluding hydrogens is 184 g/mol. The molecule has 0 aromatic carbocycles. The second-order valence-electron chi connectivity index (χ2n) is 5.99. The van der Waals surface area contributed by atoms with Gasteiger partial charge in [-0.25, -0.2) is 0 Å². The molecule has 2 heteroatoms. The molecule has 0 radical (unpaired) electrons. The number of rotatable bonds is 3. The fourth-order valence-corrected chi connectivity index (χ4v) is 2.20. The van der Waals surface area contributed by atoms with Crippen molar-refractivity contribution < 1.29 is 0 Å². The maximum atomic E-state index is 4.10. The summed E-state index contributed by atoms with van der Waals surface area (Å²) in [5, 5.41) is 3.51. The summed E-state index contributed by atoms with van der Waals surface area (Å²) in [5.74, 6) is 0. The molecule has 1 aromatic heterocycles. The lowest BCUT2D eigenvalue weighted by atomic mass is 9.82. The Bertz CT molecular complexity index is 296. The Balaban J connectivity index is 2.65. The zero-order valence-corrected chi connectivity index (χ0v) is 10.5. The lowest BCUT2D eigenvalue weighted by molar-refractivity contribution is 0.302. The van der Waals surface area contributed by atoms with Gasteiger partial charge in [0.25, 0.3) is 0 Å². The van der Waals surface area contributed by atoms with E-state index in [-0.39, 0.29) is 5.54 Å². The van der Waals surface area contributed by atoms with Crippen LogP contribution in [-0.4, -0.2) is 10.5 Å². The molecular formula is C13H22N2. The van der Waals surface area contributed by atoms with Crippen molar-refractivity contribution in [2.24, 2.45) is 5.41 Å². The van der Waals surface area contributed by atoms with E-state index in [9.17, 15) is 0 Å². The van der Waals surface area contributed by atoms with Gasteiger partial charge in [-0.15, -0.1) is 0 Å². The molecule has 0 atom stereocenters. The van der Waals surface area contributed by atoms with Gasteiger partial charge in [0.05, 0.1) is 5.69 Å². The molecule has 1 rings (SSSR count). The largest absolute Gasteiger partial charge is 0.379 e. The first-order chi connectivity index (χ1) is 6.79. The van der Waals surface area contributed by atoms with Gasteiger partial charge < -0.3 is 5.32 Å². The normalized spacial score (nSPS) is 12.6. The van der Waals surface area contributed by atoms with Gasteiger partial charge in [-0.1, -0.05) is 20.8 Å². The van der Waals surface area contributed by atoms with Crippen molar-refractivity contribution in [3.05, 3.63) is 24.5 Å². The standard InChI is InChI=1S/C13H22N2/c1-12(2,3)10-13(4,5)15-11-7-6-8-14-9-11/h6-9,15H,10H2,1-5H3. The zero-order chi connectivity index (χ0) is 11.5. The molecule has 84 valence electrons. The number of nitrogens with zero attached hydrogens (tertiary/aromatic N) is 1. The van der Waals surface area contributed by atoms with Gasteiger partial charge in [-0.3, -0.25) is 4.98 Å². The first-order valence-corrected chi connectivity index (χ1v) is 5.47. The molecule has 0 aliphatic heterocycles. The molecule has 1 heterocycles. The van der Waals surface area contributed by atoms with Crippen molar-refractivity contribution >= 4 is 5.69 Å². The molecule has 0 amide bonds. The summed E-state index contributed by atoms with van der Waals surface area (Å²) in [6.45, 7) is 11.2. The fourth-order valence-electron chi connectivity index (χ4n) is 2.20. The molecule has 0 fully saturated rings. The van der Waals surface area contributed by atoms with Crippen LogP contribution in [-0.2, 0) is 0 Å². The third-order valence-electron chi connectivity index (χ3n) is 2.12. The number of aromatic nitrogens is 1. The molecule has 2 nitrogen and oxygen atoms in total. The van der Waals surface area contributed by atoms with Crippen LogP contribution in [0, 0.1) is 5.41 Å². The highest BCUT2D eigenvalue weighted by molar-refractivity contribution is 5.42. The summed E-state index contributed by atoms with van der Waals surface area (Å²) >= 11 is 0. The van der Waals surface area contributed by atoms with E-state index in [1.165, 1.54) is 0 Å². The lowest BCUT2D eigenvalue weighted by Crippen LogP contribution is -2.35. The Kier molecular flexibility index (Phi) is 3.38. The first kappa shape index (κ1) is 12.0. The van der Waals surface area contributed by atoms with Gasteiger partial charge in [0, 0.05) is 17.9 Å². The molecule has 1 N–H and O–H groups in total. The third-order valence-corrected chi connectivity index (χ3v) is 2.12. The highest BCUT2D eigenvalue weighted by Crippen LogP contribution is 2.29. The zero-order valence-electron chi connectivity index (χ0n) is 10.5. The Morgan fingerprint density at radius 2 is 1.87 bits per heavy atom. The molecule has 0 saturated carbocycles. The second-order valence-corrected chi connectivity index (χ2v) is 5.99. The van der Waals surface area contributed by atoms with E-state index in [4.69, 9.17) is 0 Å².